The van der Waals surface area contributed by atoms with E-state index in [-0.39, 0.29) is 31.2 Å². The minimum Gasteiger partial charge on any atom is -0.368 e. The third kappa shape index (κ3) is 7.66. The second-order valence-electron chi connectivity index (χ2n) is 9.51. The zero-order valence-corrected chi connectivity index (χ0v) is 24.4. The van der Waals surface area contributed by atoms with Gasteiger partial charge in [0.15, 0.2) is 0 Å². The number of piperazine rings is 1. The van der Waals surface area contributed by atoms with Crippen molar-refractivity contribution >= 4 is 57.0 Å². The molecule has 2 aromatic carbocycles. The smallest absolute Gasteiger partial charge is 0.245 e. The molecule has 0 saturated carbocycles. The highest BCUT2D eigenvalue weighted by molar-refractivity contribution is 7.14. The van der Waals surface area contributed by atoms with E-state index in [1.807, 2.05) is 4.90 Å². The van der Waals surface area contributed by atoms with Crippen molar-refractivity contribution in [3.05, 3.63) is 81.1 Å². The van der Waals surface area contributed by atoms with E-state index in [9.17, 15) is 9.59 Å². The van der Waals surface area contributed by atoms with Crippen LogP contribution in [0.15, 0.2) is 60.0 Å². The number of thiophene rings is 1. The van der Waals surface area contributed by atoms with Gasteiger partial charge >= 0.3 is 0 Å². The van der Waals surface area contributed by atoms with Gasteiger partial charge in [-0.3, -0.25) is 9.59 Å². The molecule has 1 fully saturated rings. The molecule has 3 aromatic rings. The van der Waals surface area contributed by atoms with Crippen LogP contribution in [0.2, 0.25) is 10.0 Å². The molecule has 39 heavy (non-hydrogen) atoms. The molecule has 3 N–H and O–H groups in total. The fourth-order valence-corrected chi connectivity index (χ4v) is 6.13. The molecular formula is C29H35Cl2N5O2S. The van der Waals surface area contributed by atoms with Crippen molar-refractivity contribution in [1.82, 2.24) is 10.2 Å². The Balaban J connectivity index is 1.44. The maximum absolute atomic E-state index is 13.6. The average Bonchev–Trinajstić information content (AvgIpc) is 3.48. The lowest BCUT2D eigenvalue weighted by Gasteiger charge is -2.39. The van der Waals surface area contributed by atoms with E-state index in [0.717, 1.165) is 18.7 Å². The van der Waals surface area contributed by atoms with E-state index in [1.165, 1.54) is 16.3 Å². The van der Waals surface area contributed by atoms with Crippen LogP contribution in [0.4, 0.5) is 10.7 Å². The average molecular weight is 589 g/mol. The van der Waals surface area contributed by atoms with Crippen LogP contribution < -0.4 is 20.9 Å². The predicted octanol–water partition coefficient (Wildman–Crippen LogP) is 4.81. The zero-order chi connectivity index (χ0) is 27.8. The Morgan fingerprint density at radius 3 is 2.49 bits per heavy atom. The van der Waals surface area contributed by atoms with Gasteiger partial charge < -0.3 is 25.8 Å². The molecule has 0 bridgehead atoms. The van der Waals surface area contributed by atoms with Gasteiger partial charge in [0.05, 0.1) is 5.00 Å². The highest BCUT2D eigenvalue weighted by Crippen LogP contribution is 2.28. The number of para-hydroxylation sites is 1. The molecule has 2 amide bonds. The Labute approximate surface area is 244 Å². The number of benzene rings is 2. The van der Waals surface area contributed by atoms with E-state index in [4.69, 9.17) is 28.9 Å². The lowest BCUT2D eigenvalue weighted by Crippen LogP contribution is -2.56. The molecule has 2 heterocycles. The van der Waals surface area contributed by atoms with Crippen LogP contribution in [-0.2, 0) is 22.6 Å². The Morgan fingerprint density at radius 1 is 1.05 bits per heavy atom. The number of carbonyl (C=O) groups is 2. The van der Waals surface area contributed by atoms with Crippen LogP contribution in [-0.4, -0.2) is 62.0 Å². The van der Waals surface area contributed by atoms with E-state index >= 15 is 0 Å². The summed E-state index contributed by atoms with van der Waals surface area (Å²) in [5, 5.41) is 7.23. The standard InChI is InChI=1S/C29H35Cl2N5O2S/c1-2-34(28-8-5-17-39-28)20-22-6-3-4-7-26(22)35-13-15-36(16-14-35)29(38)25(33-27(37)11-12-32)18-21-9-10-23(30)19-24(21)31/h3-10,17,19,25H,2,11-16,18,20,32H2,1H3,(H,33,37)/t25-/m1/s1. The quantitative estimate of drug-likeness (QED) is 0.336. The van der Waals surface area contributed by atoms with Crippen LogP contribution in [0.3, 0.4) is 0 Å². The van der Waals surface area contributed by atoms with Gasteiger partial charge in [0.2, 0.25) is 11.8 Å². The van der Waals surface area contributed by atoms with Crippen molar-refractivity contribution in [2.24, 2.45) is 5.73 Å². The summed E-state index contributed by atoms with van der Waals surface area (Å²) in [4.78, 5) is 32.6. The van der Waals surface area contributed by atoms with Crippen LogP contribution >= 0.6 is 34.5 Å². The zero-order valence-electron chi connectivity index (χ0n) is 22.1. The Kier molecular flexibility index (Phi) is 10.5. The van der Waals surface area contributed by atoms with Gasteiger partial charge in [-0.15, -0.1) is 11.3 Å². The van der Waals surface area contributed by atoms with Crippen LogP contribution in [0, 0.1) is 0 Å². The molecule has 0 unspecified atom stereocenters. The van der Waals surface area contributed by atoms with Gasteiger partial charge in [-0.25, -0.2) is 0 Å². The minimum atomic E-state index is -0.731. The topological polar surface area (TPSA) is 81.9 Å². The summed E-state index contributed by atoms with van der Waals surface area (Å²) in [5.41, 5.74) is 8.78. The SMILES string of the molecule is CCN(Cc1ccccc1N1CCN(C(=O)[C@@H](Cc2ccc(Cl)cc2Cl)NC(=O)CCN)CC1)c1cccs1. The molecule has 0 spiro atoms. The van der Waals surface area contributed by atoms with Crippen LogP contribution in [0.5, 0.6) is 0 Å². The monoisotopic (exact) mass is 587 g/mol. The number of nitrogens with zero attached hydrogens (tertiary/aromatic N) is 3. The number of carbonyl (C=O) groups excluding carboxylic acids is 2. The number of nitrogens with one attached hydrogen (secondary N) is 1. The van der Waals surface area contributed by atoms with Crippen molar-refractivity contribution < 1.29 is 9.59 Å². The first-order valence-electron chi connectivity index (χ1n) is 13.2. The third-order valence-electron chi connectivity index (χ3n) is 6.93. The van der Waals surface area contributed by atoms with E-state index < -0.39 is 6.04 Å². The molecule has 1 aliphatic heterocycles. The van der Waals surface area contributed by atoms with Gasteiger partial charge in [0.1, 0.15) is 6.04 Å². The number of nitrogens with two attached hydrogens (primary N) is 1. The number of halogens is 2. The molecule has 7 nitrogen and oxygen atoms in total. The number of rotatable bonds is 11. The molecule has 0 radical (unpaired) electrons. The normalized spacial score (nSPS) is 14.3. The second-order valence-corrected chi connectivity index (χ2v) is 11.3. The summed E-state index contributed by atoms with van der Waals surface area (Å²) < 4.78 is 0. The third-order valence-corrected chi connectivity index (χ3v) is 8.44. The Hall–Kier alpha value is -2.78. The van der Waals surface area contributed by atoms with Crippen LogP contribution in [0.25, 0.3) is 0 Å². The molecule has 1 aliphatic rings. The maximum atomic E-state index is 13.6. The van der Waals surface area contributed by atoms with Crippen molar-refractivity contribution in [2.75, 3.05) is 49.1 Å². The predicted molar refractivity (Wildman–Crippen MR) is 162 cm³/mol. The highest BCUT2D eigenvalue weighted by atomic mass is 35.5. The van der Waals surface area contributed by atoms with Crippen molar-refractivity contribution in [3.63, 3.8) is 0 Å². The second kappa shape index (κ2) is 14.0. The molecule has 10 heteroatoms. The maximum Gasteiger partial charge on any atom is 0.245 e. The first kappa shape index (κ1) is 29.2. The molecule has 208 valence electrons. The van der Waals surface area contributed by atoms with Gasteiger partial charge in [0.25, 0.3) is 0 Å². The summed E-state index contributed by atoms with van der Waals surface area (Å²) in [6, 6.07) is 17.2. The molecule has 1 saturated heterocycles. The first-order valence-corrected chi connectivity index (χ1v) is 14.9. The van der Waals surface area contributed by atoms with Crippen molar-refractivity contribution in [2.45, 2.75) is 32.4 Å². The van der Waals surface area contributed by atoms with Gasteiger partial charge in [-0.05, 0) is 53.8 Å². The van der Waals surface area contributed by atoms with Gasteiger partial charge in [-0.1, -0.05) is 47.5 Å². The molecule has 4 rings (SSSR count). The van der Waals surface area contributed by atoms with E-state index in [2.05, 4.69) is 63.8 Å². The Morgan fingerprint density at radius 2 is 1.82 bits per heavy atom. The summed E-state index contributed by atoms with van der Waals surface area (Å²) >= 11 is 14.2. The molecule has 1 aromatic heterocycles. The summed E-state index contributed by atoms with van der Waals surface area (Å²) in [6.07, 6.45) is 0.437. The van der Waals surface area contributed by atoms with Crippen LogP contribution in [0.1, 0.15) is 24.5 Å². The van der Waals surface area contributed by atoms with Gasteiger partial charge in [-0.2, -0.15) is 0 Å². The highest BCUT2D eigenvalue weighted by Gasteiger charge is 2.30. The lowest BCUT2D eigenvalue weighted by molar-refractivity contribution is -0.136. The molecule has 0 aliphatic carbocycles. The summed E-state index contributed by atoms with van der Waals surface area (Å²) in [7, 11) is 0. The largest absolute Gasteiger partial charge is 0.368 e. The summed E-state index contributed by atoms with van der Waals surface area (Å²) in [6.45, 7) is 6.68. The van der Waals surface area contributed by atoms with E-state index in [0.29, 0.717) is 36.2 Å². The molecular weight excluding hydrogens is 553 g/mol. The fraction of sp³-hybridized carbons (Fsp3) is 0.379. The first-order chi connectivity index (χ1) is 18.9. The van der Waals surface area contributed by atoms with E-state index in [1.54, 1.807) is 29.5 Å². The van der Waals surface area contributed by atoms with Crippen molar-refractivity contribution in [1.29, 1.82) is 0 Å². The fourth-order valence-electron chi connectivity index (χ4n) is 4.85. The van der Waals surface area contributed by atoms with Gasteiger partial charge in [0, 0.05) is 74.4 Å². The van der Waals surface area contributed by atoms with Crippen molar-refractivity contribution in [3.8, 4) is 0 Å². The molecule has 1 atom stereocenters. The Bertz CT molecular complexity index is 1250. The number of hydrogen-bond donors (Lipinski definition) is 2. The number of hydrogen-bond acceptors (Lipinski definition) is 6. The number of amides is 2. The summed E-state index contributed by atoms with van der Waals surface area (Å²) in [5.74, 6) is -0.367. The minimum absolute atomic E-state index is 0.117. The number of anilines is 2. The lowest BCUT2D eigenvalue weighted by atomic mass is 10.0.